The van der Waals surface area contributed by atoms with Crippen LogP contribution in [0.25, 0.3) is 0 Å². The lowest BCUT2D eigenvalue weighted by Crippen LogP contribution is -2.22. The van der Waals surface area contributed by atoms with Crippen molar-refractivity contribution in [1.29, 1.82) is 0 Å². The molecule has 0 aliphatic heterocycles. The molecule has 0 fully saturated rings. The molecule has 8 heteroatoms. The highest BCUT2D eigenvalue weighted by Gasteiger charge is 2.11. The summed E-state index contributed by atoms with van der Waals surface area (Å²) in [5.74, 6) is 0.902. The minimum absolute atomic E-state index is 0.341. The second kappa shape index (κ2) is 14.5. The van der Waals surface area contributed by atoms with Gasteiger partial charge in [-0.3, -0.25) is 0 Å². The molecule has 30 heavy (non-hydrogen) atoms. The van der Waals surface area contributed by atoms with Crippen LogP contribution in [0.2, 0.25) is 10.0 Å². The van der Waals surface area contributed by atoms with Crippen molar-refractivity contribution in [3.05, 3.63) is 52.0 Å². The molecule has 0 bridgehead atoms. The lowest BCUT2D eigenvalue weighted by atomic mass is 10.1. The van der Waals surface area contributed by atoms with Crippen LogP contribution in [-0.4, -0.2) is 41.4 Å². The van der Waals surface area contributed by atoms with Crippen molar-refractivity contribution in [2.75, 3.05) is 32.0 Å². The first-order valence-electron chi connectivity index (χ1n) is 10.5. The quantitative estimate of drug-likeness (QED) is 0.269. The monoisotopic (exact) mass is 454 g/mol. The molecule has 0 saturated heterocycles. The summed E-state index contributed by atoms with van der Waals surface area (Å²) in [6, 6.07) is 5.15. The molecule has 0 aliphatic carbocycles. The van der Waals surface area contributed by atoms with Gasteiger partial charge in [-0.05, 0) is 56.0 Å². The van der Waals surface area contributed by atoms with E-state index in [1.807, 2.05) is 6.07 Å². The van der Waals surface area contributed by atoms with E-state index < -0.39 is 6.10 Å². The lowest BCUT2D eigenvalue weighted by molar-refractivity contribution is 0.126. The number of nitrogens with two attached hydrogens (primary N) is 1. The number of benzene rings is 1. The second-order valence-electron chi connectivity index (χ2n) is 7.27. The number of unbranched alkanes of at least 4 members (excludes halogenated alkanes) is 4. The maximum Gasteiger partial charge on any atom is 0.128 e. The molecular weight excluding hydrogens is 423 g/mol. The normalized spacial score (nSPS) is 12.2. The highest BCUT2D eigenvalue weighted by Crippen LogP contribution is 2.31. The number of hydrogen-bond acceptors (Lipinski definition) is 6. The van der Waals surface area contributed by atoms with Gasteiger partial charge in [0, 0.05) is 38.6 Å². The molecular formula is C22H32Cl2N4O2. The predicted molar refractivity (Wildman–Crippen MR) is 123 cm³/mol. The van der Waals surface area contributed by atoms with E-state index in [0.717, 1.165) is 70.5 Å². The van der Waals surface area contributed by atoms with Gasteiger partial charge < -0.3 is 20.9 Å². The van der Waals surface area contributed by atoms with Crippen LogP contribution < -0.4 is 11.1 Å². The Labute approximate surface area is 189 Å². The number of halogens is 2. The molecule has 0 saturated carbocycles. The largest absolute Gasteiger partial charge is 0.396 e. The van der Waals surface area contributed by atoms with Gasteiger partial charge in [0.1, 0.15) is 5.82 Å². The number of aromatic nitrogens is 2. The number of rotatable bonds is 15. The van der Waals surface area contributed by atoms with Crippen molar-refractivity contribution in [3.63, 3.8) is 0 Å². The molecule has 0 amide bonds. The van der Waals surface area contributed by atoms with Crippen molar-refractivity contribution in [2.45, 2.75) is 51.0 Å². The van der Waals surface area contributed by atoms with Crippen LogP contribution in [0, 0.1) is 0 Å². The van der Waals surface area contributed by atoms with Crippen molar-refractivity contribution in [1.82, 2.24) is 15.3 Å². The summed E-state index contributed by atoms with van der Waals surface area (Å²) in [6.07, 6.45) is 10.3. The smallest absolute Gasteiger partial charge is 0.128 e. The van der Waals surface area contributed by atoms with Crippen molar-refractivity contribution in [3.8, 4) is 0 Å². The van der Waals surface area contributed by atoms with E-state index in [0.29, 0.717) is 27.8 Å². The van der Waals surface area contributed by atoms with Gasteiger partial charge in [0.15, 0.2) is 0 Å². The lowest BCUT2D eigenvalue weighted by Gasteiger charge is -2.14. The van der Waals surface area contributed by atoms with E-state index >= 15 is 0 Å². The summed E-state index contributed by atoms with van der Waals surface area (Å²) in [5, 5.41) is 14.2. The summed E-state index contributed by atoms with van der Waals surface area (Å²) < 4.78 is 5.69. The van der Waals surface area contributed by atoms with Crippen LogP contribution in [0.1, 0.15) is 56.0 Å². The Morgan fingerprint density at radius 3 is 2.30 bits per heavy atom. The summed E-state index contributed by atoms with van der Waals surface area (Å²) in [5.41, 5.74) is 6.73. The summed E-state index contributed by atoms with van der Waals surface area (Å²) in [6.45, 7) is 2.92. The first-order chi connectivity index (χ1) is 14.6. The topological polar surface area (TPSA) is 93.3 Å². The number of ether oxygens (including phenoxy) is 1. The van der Waals surface area contributed by atoms with Gasteiger partial charge in [0.25, 0.3) is 0 Å². The molecule has 4 N–H and O–H groups in total. The minimum atomic E-state index is -0.664. The molecule has 166 valence electrons. The third-order valence-electron chi connectivity index (χ3n) is 4.77. The van der Waals surface area contributed by atoms with Crippen LogP contribution in [0.5, 0.6) is 0 Å². The molecule has 1 heterocycles. The fraction of sp³-hybridized carbons (Fsp3) is 0.545. The average Bonchev–Trinajstić information content (AvgIpc) is 2.75. The number of nitrogens with zero attached hydrogens (tertiary/aromatic N) is 2. The standard InChI is InChI=1S/C22H32Cl2N4O2/c23-18-14-17(15-19(24)22(18)25)20(29)16-26-9-4-1-2-5-12-30-13-6-3-8-21-27-10-7-11-28-21/h7,10-11,14-15,20,26,29H,1-6,8-9,12-13,16,25H2. The average molecular weight is 455 g/mol. The maximum atomic E-state index is 10.2. The zero-order chi connectivity index (χ0) is 21.6. The molecule has 0 spiro atoms. The van der Waals surface area contributed by atoms with Gasteiger partial charge in [-0.25, -0.2) is 9.97 Å². The van der Waals surface area contributed by atoms with Crippen molar-refractivity contribution in [2.24, 2.45) is 0 Å². The van der Waals surface area contributed by atoms with Gasteiger partial charge in [-0.1, -0.05) is 36.0 Å². The molecule has 1 aromatic heterocycles. The molecule has 1 unspecified atom stereocenters. The number of hydrogen-bond donors (Lipinski definition) is 3. The molecule has 1 aromatic carbocycles. The molecule has 0 aliphatic rings. The predicted octanol–water partition coefficient (Wildman–Crippen LogP) is 4.59. The van der Waals surface area contributed by atoms with E-state index in [-0.39, 0.29) is 0 Å². The van der Waals surface area contributed by atoms with Crippen molar-refractivity contribution < 1.29 is 9.84 Å². The van der Waals surface area contributed by atoms with E-state index in [1.54, 1.807) is 24.5 Å². The number of aliphatic hydroxyl groups excluding tert-OH is 1. The Morgan fingerprint density at radius 2 is 1.60 bits per heavy atom. The van der Waals surface area contributed by atoms with Gasteiger partial charge in [-0.15, -0.1) is 0 Å². The first-order valence-corrected chi connectivity index (χ1v) is 11.3. The highest BCUT2D eigenvalue weighted by atomic mass is 35.5. The van der Waals surface area contributed by atoms with Crippen LogP contribution >= 0.6 is 23.2 Å². The molecule has 2 rings (SSSR count). The van der Waals surface area contributed by atoms with E-state index in [1.165, 1.54) is 0 Å². The van der Waals surface area contributed by atoms with Gasteiger partial charge >= 0.3 is 0 Å². The van der Waals surface area contributed by atoms with Crippen LogP contribution in [0.15, 0.2) is 30.6 Å². The Hall–Kier alpha value is -1.44. The first kappa shape index (κ1) is 24.8. The Bertz CT molecular complexity index is 711. The Kier molecular flexibility index (Phi) is 12.0. The fourth-order valence-corrected chi connectivity index (χ4v) is 3.51. The molecule has 2 aromatic rings. The van der Waals surface area contributed by atoms with Crippen LogP contribution in [0.3, 0.4) is 0 Å². The number of aryl methyl sites for hydroxylation is 1. The maximum absolute atomic E-state index is 10.2. The Balaban J connectivity index is 1.39. The van der Waals surface area contributed by atoms with Crippen LogP contribution in [-0.2, 0) is 11.2 Å². The summed E-state index contributed by atoms with van der Waals surface area (Å²) in [7, 11) is 0. The number of anilines is 1. The zero-order valence-corrected chi connectivity index (χ0v) is 18.8. The Morgan fingerprint density at radius 1 is 0.967 bits per heavy atom. The van der Waals surface area contributed by atoms with E-state index in [9.17, 15) is 5.11 Å². The number of nitrogen functional groups attached to an aromatic ring is 1. The molecule has 6 nitrogen and oxygen atoms in total. The SMILES string of the molecule is Nc1c(Cl)cc(C(O)CNCCCCCCOCCCCc2ncccn2)cc1Cl. The third-order valence-corrected chi connectivity index (χ3v) is 5.40. The minimum Gasteiger partial charge on any atom is -0.396 e. The summed E-state index contributed by atoms with van der Waals surface area (Å²) >= 11 is 12.0. The van der Waals surface area contributed by atoms with Gasteiger partial charge in [0.05, 0.1) is 21.8 Å². The second-order valence-corrected chi connectivity index (χ2v) is 8.08. The molecule has 0 radical (unpaired) electrons. The van der Waals surface area contributed by atoms with E-state index in [2.05, 4.69) is 15.3 Å². The fourth-order valence-electron chi connectivity index (χ4n) is 3.01. The van der Waals surface area contributed by atoms with E-state index in [4.69, 9.17) is 33.7 Å². The zero-order valence-electron chi connectivity index (χ0n) is 17.3. The number of aliphatic hydroxyl groups is 1. The van der Waals surface area contributed by atoms with Crippen molar-refractivity contribution >= 4 is 28.9 Å². The number of nitrogens with one attached hydrogen (secondary N) is 1. The third kappa shape index (κ3) is 9.58. The van der Waals surface area contributed by atoms with Crippen LogP contribution in [0.4, 0.5) is 5.69 Å². The summed E-state index contributed by atoms with van der Waals surface area (Å²) in [4.78, 5) is 8.43. The molecule has 1 atom stereocenters. The highest BCUT2D eigenvalue weighted by molar-refractivity contribution is 6.38. The van der Waals surface area contributed by atoms with Gasteiger partial charge in [-0.2, -0.15) is 0 Å². The van der Waals surface area contributed by atoms with Gasteiger partial charge in [0.2, 0.25) is 0 Å².